The molecule has 1 aliphatic carbocycles. The van der Waals surface area contributed by atoms with Crippen LogP contribution < -0.4 is 5.32 Å². The van der Waals surface area contributed by atoms with Gasteiger partial charge in [-0.05, 0) is 75.3 Å². The Bertz CT molecular complexity index is 1220. The van der Waals surface area contributed by atoms with Gasteiger partial charge in [0.05, 0.1) is 11.0 Å². The first kappa shape index (κ1) is 22.7. The van der Waals surface area contributed by atoms with Crippen LogP contribution >= 0.6 is 0 Å². The minimum Gasteiger partial charge on any atom is -0.377 e. The molecule has 6 heteroatoms. The number of fused-ring (bicyclic) bond motifs is 1. The molecule has 0 fully saturated rings. The lowest BCUT2D eigenvalue weighted by molar-refractivity contribution is 0.319. The topological polar surface area (TPSA) is 57.2 Å². The molecule has 0 aliphatic heterocycles. The van der Waals surface area contributed by atoms with E-state index in [1.165, 1.54) is 5.70 Å². The van der Waals surface area contributed by atoms with Crippen LogP contribution in [0.1, 0.15) is 29.7 Å². The SMILES string of the molecule is C=C(c1ccc2nccnc2c1)c1ccc(NC2=CCCC(N(C)CCN(C)C)=C2)nc1C. The quantitative estimate of drug-likeness (QED) is 0.540. The predicted molar refractivity (Wildman–Crippen MR) is 137 cm³/mol. The van der Waals surface area contributed by atoms with Gasteiger partial charge >= 0.3 is 0 Å². The minimum absolute atomic E-state index is 0.841. The summed E-state index contributed by atoms with van der Waals surface area (Å²) in [7, 11) is 6.38. The van der Waals surface area contributed by atoms with Crippen LogP contribution in [0.25, 0.3) is 16.6 Å². The van der Waals surface area contributed by atoms with Crippen LogP contribution in [-0.2, 0) is 0 Å². The molecule has 1 N–H and O–H groups in total. The van der Waals surface area contributed by atoms with Crippen molar-refractivity contribution in [3.05, 3.63) is 89.7 Å². The summed E-state index contributed by atoms with van der Waals surface area (Å²) in [5, 5.41) is 3.49. The normalized spacial score (nSPS) is 13.6. The van der Waals surface area contributed by atoms with E-state index in [-0.39, 0.29) is 0 Å². The molecule has 3 aromatic rings. The average molecular weight is 441 g/mol. The lowest BCUT2D eigenvalue weighted by Gasteiger charge is -2.27. The van der Waals surface area contributed by atoms with E-state index in [1.54, 1.807) is 12.4 Å². The van der Waals surface area contributed by atoms with Gasteiger partial charge in [0, 0.05) is 55.2 Å². The Hall–Kier alpha value is -3.51. The van der Waals surface area contributed by atoms with E-state index in [1.807, 2.05) is 31.2 Å². The number of aromatic nitrogens is 3. The number of benzene rings is 1. The summed E-state index contributed by atoms with van der Waals surface area (Å²) >= 11 is 0. The van der Waals surface area contributed by atoms with Gasteiger partial charge in [-0.3, -0.25) is 9.97 Å². The second kappa shape index (κ2) is 9.96. The fourth-order valence-corrected chi connectivity index (χ4v) is 3.97. The van der Waals surface area contributed by atoms with Gasteiger partial charge in [-0.15, -0.1) is 0 Å². The van der Waals surface area contributed by atoms with E-state index >= 15 is 0 Å². The summed E-state index contributed by atoms with van der Waals surface area (Å²) in [6.07, 6.45) is 9.98. The molecule has 0 unspecified atom stereocenters. The molecule has 0 radical (unpaired) electrons. The first-order valence-corrected chi connectivity index (χ1v) is 11.3. The maximum atomic E-state index is 4.82. The van der Waals surface area contributed by atoms with Gasteiger partial charge < -0.3 is 15.1 Å². The highest BCUT2D eigenvalue weighted by Gasteiger charge is 2.13. The molecular weight excluding hydrogens is 408 g/mol. The monoisotopic (exact) mass is 440 g/mol. The summed E-state index contributed by atoms with van der Waals surface area (Å²) < 4.78 is 0. The molecule has 0 saturated heterocycles. The molecule has 0 spiro atoms. The fraction of sp³-hybridized carbons (Fsp3) is 0.296. The fourth-order valence-electron chi connectivity index (χ4n) is 3.97. The third-order valence-corrected chi connectivity index (χ3v) is 5.96. The van der Waals surface area contributed by atoms with Gasteiger partial charge in [0.25, 0.3) is 0 Å². The number of anilines is 1. The summed E-state index contributed by atoms with van der Waals surface area (Å²) in [4.78, 5) is 18.1. The molecule has 0 amide bonds. The predicted octanol–water partition coefficient (Wildman–Crippen LogP) is 4.86. The van der Waals surface area contributed by atoms with Gasteiger partial charge in [-0.25, -0.2) is 4.98 Å². The smallest absolute Gasteiger partial charge is 0.130 e. The molecule has 33 heavy (non-hydrogen) atoms. The summed E-state index contributed by atoms with van der Waals surface area (Å²) in [5.74, 6) is 0.841. The molecular formula is C27H32N6. The second-order valence-electron chi connectivity index (χ2n) is 8.75. The van der Waals surface area contributed by atoms with Crippen LogP contribution in [0.15, 0.2) is 72.9 Å². The number of nitrogens with one attached hydrogen (secondary N) is 1. The van der Waals surface area contributed by atoms with Gasteiger partial charge in [0.2, 0.25) is 0 Å². The Kier molecular flexibility index (Phi) is 6.84. The van der Waals surface area contributed by atoms with Crippen molar-refractivity contribution in [2.75, 3.05) is 39.5 Å². The number of aryl methyl sites for hydroxylation is 1. The molecule has 6 nitrogen and oxygen atoms in total. The van der Waals surface area contributed by atoms with E-state index in [0.29, 0.717) is 0 Å². The number of pyridine rings is 1. The van der Waals surface area contributed by atoms with Crippen molar-refractivity contribution in [1.29, 1.82) is 0 Å². The van der Waals surface area contributed by atoms with Crippen LogP contribution in [0.3, 0.4) is 0 Å². The zero-order chi connectivity index (χ0) is 23.4. The van der Waals surface area contributed by atoms with Crippen LogP contribution in [0, 0.1) is 6.92 Å². The minimum atomic E-state index is 0.841. The number of rotatable bonds is 8. The van der Waals surface area contributed by atoms with E-state index in [9.17, 15) is 0 Å². The molecule has 1 aliphatic rings. The third-order valence-electron chi connectivity index (χ3n) is 5.96. The lowest BCUT2D eigenvalue weighted by Crippen LogP contribution is -2.29. The molecule has 2 heterocycles. The van der Waals surface area contributed by atoms with Crippen molar-refractivity contribution >= 4 is 22.4 Å². The van der Waals surface area contributed by atoms with Crippen LogP contribution in [0.4, 0.5) is 5.82 Å². The Labute approximate surface area is 196 Å². The Morgan fingerprint density at radius 2 is 1.82 bits per heavy atom. The maximum absolute atomic E-state index is 4.82. The van der Waals surface area contributed by atoms with Crippen molar-refractivity contribution in [2.45, 2.75) is 19.8 Å². The maximum Gasteiger partial charge on any atom is 0.130 e. The van der Waals surface area contributed by atoms with E-state index in [2.05, 4.69) is 71.0 Å². The van der Waals surface area contributed by atoms with Crippen LogP contribution in [0.2, 0.25) is 0 Å². The van der Waals surface area contributed by atoms with E-state index in [4.69, 9.17) is 4.98 Å². The molecule has 0 bridgehead atoms. The van der Waals surface area contributed by atoms with Crippen LogP contribution in [0.5, 0.6) is 0 Å². The van der Waals surface area contributed by atoms with Crippen molar-refractivity contribution < 1.29 is 0 Å². The van der Waals surface area contributed by atoms with Gasteiger partial charge in [-0.2, -0.15) is 0 Å². The van der Waals surface area contributed by atoms with Gasteiger partial charge in [0.15, 0.2) is 0 Å². The highest BCUT2D eigenvalue weighted by atomic mass is 15.2. The van der Waals surface area contributed by atoms with Gasteiger partial charge in [0.1, 0.15) is 5.82 Å². The molecule has 0 atom stereocenters. The van der Waals surface area contributed by atoms with E-state index in [0.717, 1.165) is 70.9 Å². The Morgan fingerprint density at radius 1 is 1.03 bits per heavy atom. The molecule has 0 saturated carbocycles. The number of likely N-dealkylation sites (N-methyl/N-ethyl adjacent to an activating group) is 2. The number of hydrogen-bond donors (Lipinski definition) is 1. The van der Waals surface area contributed by atoms with E-state index < -0.39 is 0 Å². The molecule has 170 valence electrons. The summed E-state index contributed by atoms with van der Waals surface area (Å²) in [6, 6.07) is 10.2. The summed E-state index contributed by atoms with van der Waals surface area (Å²) in [6.45, 7) is 8.41. The lowest BCUT2D eigenvalue weighted by atomic mass is 9.98. The largest absolute Gasteiger partial charge is 0.377 e. The number of hydrogen-bond acceptors (Lipinski definition) is 6. The highest BCUT2D eigenvalue weighted by Crippen LogP contribution is 2.27. The highest BCUT2D eigenvalue weighted by molar-refractivity contribution is 5.85. The summed E-state index contributed by atoms with van der Waals surface area (Å²) in [5.41, 5.74) is 8.11. The van der Waals surface area contributed by atoms with Crippen molar-refractivity contribution in [3.63, 3.8) is 0 Å². The van der Waals surface area contributed by atoms with Crippen molar-refractivity contribution in [3.8, 4) is 0 Å². The Balaban J connectivity index is 1.48. The number of nitrogens with zero attached hydrogens (tertiary/aromatic N) is 5. The zero-order valence-electron chi connectivity index (χ0n) is 20.0. The molecule has 4 rings (SSSR count). The third kappa shape index (κ3) is 5.46. The molecule has 2 aromatic heterocycles. The first-order valence-electron chi connectivity index (χ1n) is 11.3. The van der Waals surface area contributed by atoms with Gasteiger partial charge in [-0.1, -0.05) is 18.7 Å². The molecule has 1 aromatic carbocycles. The Morgan fingerprint density at radius 3 is 2.58 bits per heavy atom. The zero-order valence-corrected chi connectivity index (χ0v) is 20.0. The second-order valence-corrected chi connectivity index (χ2v) is 8.75. The first-order chi connectivity index (χ1) is 15.9. The van der Waals surface area contributed by atoms with Crippen molar-refractivity contribution in [2.24, 2.45) is 0 Å². The van der Waals surface area contributed by atoms with Crippen molar-refractivity contribution in [1.82, 2.24) is 24.8 Å². The van der Waals surface area contributed by atoms with Crippen LogP contribution in [-0.4, -0.2) is 59.0 Å². The average Bonchev–Trinajstić information content (AvgIpc) is 2.82. The standard InChI is InChI=1S/C27H32N6/c1-19(21-9-11-25-26(17-21)29-14-13-28-25)24-10-12-27(30-20(24)2)31-22-7-6-8-23(18-22)33(5)16-15-32(3)4/h7,9-14,17-18H,1,6,8,15-16H2,2-5H3,(H,30,31). The number of allylic oxidation sites excluding steroid dienone is 3.